The molecule has 21 heavy (non-hydrogen) atoms. The fourth-order valence-electron chi connectivity index (χ4n) is 1.87. The van der Waals surface area contributed by atoms with Crippen LogP contribution in [0.1, 0.15) is 27.2 Å². The maximum atomic E-state index is 12.8. The molecule has 0 aliphatic carbocycles. The molecule has 0 spiro atoms. The quantitative estimate of drug-likeness (QED) is 0.565. The van der Waals surface area contributed by atoms with Gasteiger partial charge in [-0.05, 0) is 42.3 Å². The summed E-state index contributed by atoms with van der Waals surface area (Å²) in [6, 6.07) is 7.47. The summed E-state index contributed by atoms with van der Waals surface area (Å²) in [6.07, 6.45) is -2.08. The van der Waals surface area contributed by atoms with E-state index in [-0.39, 0.29) is 4.83 Å². The summed E-state index contributed by atoms with van der Waals surface area (Å²) in [4.78, 5) is 4.03. The van der Waals surface area contributed by atoms with Gasteiger partial charge in [0.15, 0.2) is 0 Å². The maximum absolute atomic E-state index is 12.8. The summed E-state index contributed by atoms with van der Waals surface area (Å²) < 4.78 is 39.0. The predicted molar refractivity (Wildman–Crippen MR) is 83.5 cm³/mol. The first kappa shape index (κ1) is 16.5. The average molecular weight is 423 g/mol. The van der Waals surface area contributed by atoms with Crippen LogP contribution in [0.3, 0.4) is 0 Å². The second-order valence-electron chi connectivity index (χ2n) is 4.73. The first-order chi connectivity index (χ1) is 9.77. The molecule has 0 aliphatic heterocycles. The fourth-order valence-corrected chi connectivity index (χ4v) is 3.41. The van der Waals surface area contributed by atoms with Crippen molar-refractivity contribution in [1.82, 2.24) is 4.98 Å². The van der Waals surface area contributed by atoms with E-state index >= 15 is 0 Å². The van der Waals surface area contributed by atoms with Gasteiger partial charge in [0, 0.05) is 27.6 Å². The van der Waals surface area contributed by atoms with Crippen LogP contribution < -0.4 is 0 Å². The highest BCUT2D eigenvalue weighted by atomic mass is 79.9. The van der Waals surface area contributed by atoms with Crippen LogP contribution in [0.5, 0.6) is 0 Å². The summed E-state index contributed by atoms with van der Waals surface area (Å²) in [7, 11) is 0. The van der Waals surface area contributed by atoms with Crippen molar-refractivity contribution in [3.63, 3.8) is 0 Å². The minimum Gasteiger partial charge on any atom is -0.261 e. The van der Waals surface area contributed by atoms with Crippen molar-refractivity contribution >= 4 is 31.9 Å². The molecule has 1 unspecified atom stereocenters. The van der Waals surface area contributed by atoms with Crippen LogP contribution in [0.2, 0.25) is 0 Å². The smallest absolute Gasteiger partial charge is 0.261 e. The number of pyridine rings is 1. The Balaban J connectivity index is 2.26. The highest BCUT2D eigenvalue weighted by Gasteiger charge is 2.31. The largest absolute Gasteiger partial charge is 0.416 e. The second kappa shape index (κ2) is 6.48. The van der Waals surface area contributed by atoms with E-state index in [0.29, 0.717) is 16.5 Å². The molecule has 112 valence electrons. The summed E-state index contributed by atoms with van der Waals surface area (Å²) in [5, 5.41) is 0. The Morgan fingerprint density at radius 3 is 2.48 bits per heavy atom. The molecule has 0 amide bonds. The Kier molecular flexibility index (Phi) is 5.09. The van der Waals surface area contributed by atoms with E-state index in [2.05, 4.69) is 36.8 Å². The highest BCUT2D eigenvalue weighted by Crippen LogP contribution is 2.37. The molecule has 0 aliphatic rings. The Morgan fingerprint density at radius 2 is 1.90 bits per heavy atom. The fraction of sp³-hybridized carbons (Fsp3) is 0.267. The third-order valence-corrected chi connectivity index (χ3v) is 4.56. The zero-order chi connectivity index (χ0) is 15.6. The van der Waals surface area contributed by atoms with Crippen molar-refractivity contribution in [2.75, 3.05) is 0 Å². The number of benzene rings is 1. The Bertz CT molecular complexity index is 624. The van der Waals surface area contributed by atoms with Crippen LogP contribution in [0.4, 0.5) is 13.2 Å². The van der Waals surface area contributed by atoms with Crippen molar-refractivity contribution in [3.8, 4) is 0 Å². The van der Waals surface area contributed by atoms with Crippen LogP contribution in [-0.2, 0) is 12.6 Å². The Morgan fingerprint density at radius 1 is 1.19 bits per heavy atom. The van der Waals surface area contributed by atoms with Crippen LogP contribution in [0, 0.1) is 6.92 Å². The second-order valence-corrected chi connectivity index (χ2v) is 6.69. The van der Waals surface area contributed by atoms with Gasteiger partial charge in [-0.3, -0.25) is 4.98 Å². The van der Waals surface area contributed by atoms with Crippen molar-refractivity contribution in [3.05, 3.63) is 63.4 Å². The van der Waals surface area contributed by atoms with Gasteiger partial charge in [-0.2, -0.15) is 13.2 Å². The molecule has 6 heteroatoms. The molecule has 2 rings (SSSR count). The van der Waals surface area contributed by atoms with Gasteiger partial charge < -0.3 is 0 Å². The van der Waals surface area contributed by atoms with Gasteiger partial charge in [0.25, 0.3) is 0 Å². The maximum Gasteiger partial charge on any atom is 0.416 e. The molecule has 0 N–H and O–H groups in total. The van der Waals surface area contributed by atoms with E-state index in [0.717, 1.165) is 23.4 Å². The highest BCUT2D eigenvalue weighted by molar-refractivity contribution is 9.11. The van der Waals surface area contributed by atoms with E-state index in [1.165, 1.54) is 6.07 Å². The van der Waals surface area contributed by atoms with Crippen molar-refractivity contribution in [2.45, 2.75) is 24.3 Å². The first-order valence-electron chi connectivity index (χ1n) is 6.19. The monoisotopic (exact) mass is 421 g/mol. The summed E-state index contributed by atoms with van der Waals surface area (Å²) in [5.74, 6) is 0. The van der Waals surface area contributed by atoms with E-state index < -0.39 is 11.7 Å². The Labute approximate surface area is 137 Å². The number of aromatic nitrogens is 1. The van der Waals surface area contributed by atoms with Crippen molar-refractivity contribution < 1.29 is 13.2 Å². The van der Waals surface area contributed by atoms with Gasteiger partial charge in [0.05, 0.1) is 5.56 Å². The number of aryl methyl sites for hydroxylation is 1. The molecule has 0 fully saturated rings. The molecular weight excluding hydrogens is 411 g/mol. The number of hydrogen-bond donors (Lipinski definition) is 0. The molecule has 2 aromatic rings. The van der Waals surface area contributed by atoms with E-state index in [9.17, 15) is 13.2 Å². The SMILES string of the molecule is Cc1ccc(CC(Br)c2cc(C(F)(F)F)ccc2Br)nc1. The number of rotatable bonds is 3. The number of alkyl halides is 4. The summed E-state index contributed by atoms with van der Waals surface area (Å²) >= 11 is 6.76. The average Bonchev–Trinajstić information content (AvgIpc) is 2.40. The van der Waals surface area contributed by atoms with Gasteiger partial charge in [-0.1, -0.05) is 37.9 Å². The van der Waals surface area contributed by atoms with Gasteiger partial charge >= 0.3 is 6.18 Å². The molecule has 0 bridgehead atoms. The standard InChI is InChI=1S/C15H12Br2F3N/c1-9-2-4-11(21-8-9)7-14(17)12-6-10(15(18,19)20)3-5-13(12)16/h2-6,8,14H,7H2,1H3. The van der Waals surface area contributed by atoms with Crippen LogP contribution >= 0.6 is 31.9 Å². The molecule has 1 aromatic heterocycles. The van der Waals surface area contributed by atoms with E-state index in [1.54, 1.807) is 6.20 Å². The minimum atomic E-state index is -4.34. The summed E-state index contributed by atoms with van der Waals surface area (Å²) in [6.45, 7) is 1.94. The molecular formula is C15H12Br2F3N. The van der Waals surface area contributed by atoms with Gasteiger partial charge in [-0.25, -0.2) is 0 Å². The third-order valence-electron chi connectivity index (χ3n) is 3.02. The first-order valence-corrected chi connectivity index (χ1v) is 7.90. The lowest BCUT2D eigenvalue weighted by Gasteiger charge is -2.15. The molecule has 0 radical (unpaired) electrons. The lowest BCUT2D eigenvalue weighted by Crippen LogP contribution is -2.07. The van der Waals surface area contributed by atoms with Crippen molar-refractivity contribution in [2.24, 2.45) is 0 Å². The number of halogens is 5. The minimum absolute atomic E-state index is 0.246. The van der Waals surface area contributed by atoms with Crippen LogP contribution in [0.15, 0.2) is 41.0 Å². The molecule has 0 saturated heterocycles. The molecule has 0 saturated carbocycles. The van der Waals surface area contributed by atoms with Crippen molar-refractivity contribution in [1.29, 1.82) is 0 Å². The lowest BCUT2D eigenvalue weighted by molar-refractivity contribution is -0.137. The lowest BCUT2D eigenvalue weighted by atomic mass is 10.0. The molecule has 1 atom stereocenters. The van der Waals surface area contributed by atoms with Gasteiger partial charge in [-0.15, -0.1) is 0 Å². The molecule has 1 aromatic carbocycles. The predicted octanol–water partition coefficient (Wildman–Crippen LogP) is 5.85. The van der Waals surface area contributed by atoms with Gasteiger partial charge in [0.1, 0.15) is 0 Å². The molecule has 1 heterocycles. The van der Waals surface area contributed by atoms with Crippen LogP contribution in [0.25, 0.3) is 0 Å². The van der Waals surface area contributed by atoms with E-state index in [1.807, 2.05) is 19.1 Å². The zero-order valence-electron chi connectivity index (χ0n) is 11.1. The van der Waals surface area contributed by atoms with Crippen LogP contribution in [-0.4, -0.2) is 4.98 Å². The third kappa shape index (κ3) is 4.30. The van der Waals surface area contributed by atoms with E-state index in [4.69, 9.17) is 0 Å². The zero-order valence-corrected chi connectivity index (χ0v) is 14.3. The summed E-state index contributed by atoms with van der Waals surface area (Å²) in [5.41, 5.74) is 1.78. The Hall–Kier alpha value is -0.880. The molecule has 1 nitrogen and oxygen atoms in total. The topological polar surface area (TPSA) is 12.9 Å². The normalized spacial score (nSPS) is 13.2. The van der Waals surface area contributed by atoms with Gasteiger partial charge in [0.2, 0.25) is 0 Å². The number of nitrogens with zero attached hydrogens (tertiary/aromatic N) is 1. The number of hydrogen-bond acceptors (Lipinski definition) is 1.